The van der Waals surface area contributed by atoms with Crippen LogP contribution in [0, 0.1) is 23.1 Å². The van der Waals surface area contributed by atoms with Crippen LogP contribution in [0.4, 0.5) is 4.39 Å². The number of halogens is 1. The summed E-state index contributed by atoms with van der Waals surface area (Å²) in [4.78, 5) is 2.19. The number of rotatable bonds is 3. The van der Waals surface area contributed by atoms with Gasteiger partial charge in [-0.25, -0.2) is 4.39 Å². The molecule has 1 heterocycles. The van der Waals surface area contributed by atoms with Crippen LogP contribution in [0.25, 0.3) is 0 Å². The predicted octanol–water partition coefficient (Wildman–Crippen LogP) is 2.57. The molecule has 3 nitrogen and oxygen atoms in total. The van der Waals surface area contributed by atoms with E-state index in [1.165, 1.54) is 13.2 Å². The molecule has 0 amide bonds. The van der Waals surface area contributed by atoms with E-state index in [0.717, 1.165) is 25.9 Å². The molecule has 4 heteroatoms. The molecular weight excluding hydrogens is 231 g/mol. The van der Waals surface area contributed by atoms with Gasteiger partial charge in [0.25, 0.3) is 0 Å². The Kier molecular flexibility index (Phi) is 4.16. The van der Waals surface area contributed by atoms with Gasteiger partial charge in [0.2, 0.25) is 0 Å². The number of methoxy groups -OCH3 is 1. The van der Waals surface area contributed by atoms with Crippen molar-refractivity contribution in [3.05, 3.63) is 29.6 Å². The largest absolute Gasteiger partial charge is 0.497 e. The third-order valence-electron chi connectivity index (χ3n) is 3.42. The topological polar surface area (TPSA) is 36.3 Å². The maximum atomic E-state index is 13.8. The van der Waals surface area contributed by atoms with Crippen LogP contribution in [0.5, 0.6) is 5.75 Å². The van der Waals surface area contributed by atoms with Crippen LogP contribution < -0.4 is 4.74 Å². The fourth-order valence-electron chi connectivity index (χ4n) is 2.24. The molecule has 0 N–H and O–H groups in total. The standard InChI is InChI=1S/C14H17FN2O/c1-18-13-3-2-12(14(15)8-13)10-17-6-4-11(9-16)5-7-17/h2-3,8,11H,4-7,10H2,1H3. The van der Waals surface area contributed by atoms with E-state index in [2.05, 4.69) is 11.0 Å². The van der Waals surface area contributed by atoms with Gasteiger partial charge in [-0.2, -0.15) is 5.26 Å². The predicted molar refractivity (Wildman–Crippen MR) is 66.6 cm³/mol. The van der Waals surface area contributed by atoms with Crippen molar-refractivity contribution in [1.82, 2.24) is 4.90 Å². The van der Waals surface area contributed by atoms with Gasteiger partial charge in [0.1, 0.15) is 11.6 Å². The highest BCUT2D eigenvalue weighted by molar-refractivity contribution is 5.28. The molecule has 0 aromatic heterocycles. The van der Waals surface area contributed by atoms with Gasteiger partial charge in [0.05, 0.1) is 13.2 Å². The minimum atomic E-state index is -0.225. The van der Waals surface area contributed by atoms with Crippen molar-refractivity contribution in [1.29, 1.82) is 5.26 Å². The first-order valence-electron chi connectivity index (χ1n) is 6.17. The molecule has 2 rings (SSSR count). The quantitative estimate of drug-likeness (QED) is 0.824. The summed E-state index contributed by atoms with van der Waals surface area (Å²) in [7, 11) is 1.53. The van der Waals surface area contributed by atoms with Crippen molar-refractivity contribution in [2.45, 2.75) is 19.4 Å². The molecular formula is C14H17FN2O. The molecule has 1 aliphatic heterocycles. The number of ether oxygens (including phenoxy) is 1. The fourth-order valence-corrected chi connectivity index (χ4v) is 2.24. The third-order valence-corrected chi connectivity index (χ3v) is 3.42. The Morgan fingerprint density at radius 2 is 2.17 bits per heavy atom. The molecule has 18 heavy (non-hydrogen) atoms. The summed E-state index contributed by atoms with van der Waals surface area (Å²) in [5.74, 6) is 0.484. The van der Waals surface area contributed by atoms with Crippen LogP contribution in [0.1, 0.15) is 18.4 Å². The Morgan fingerprint density at radius 1 is 1.44 bits per heavy atom. The van der Waals surface area contributed by atoms with Crippen molar-refractivity contribution < 1.29 is 9.13 Å². The van der Waals surface area contributed by atoms with Crippen LogP contribution in [0.3, 0.4) is 0 Å². The van der Waals surface area contributed by atoms with E-state index in [9.17, 15) is 4.39 Å². The number of nitriles is 1. The van der Waals surface area contributed by atoms with Gasteiger partial charge in [-0.05, 0) is 32.0 Å². The summed E-state index contributed by atoms with van der Waals surface area (Å²) in [6, 6.07) is 7.26. The minimum Gasteiger partial charge on any atom is -0.497 e. The zero-order valence-electron chi connectivity index (χ0n) is 10.5. The highest BCUT2D eigenvalue weighted by Crippen LogP contribution is 2.21. The lowest BCUT2D eigenvalue weighted by Crippen LogP contribution is -2.33. The van der Waals surface area contributed by atoms with E-state index in [1.807, 2.05) is 0 Å². The summed E-state index contributed by atoms with van der Waals surface area (Å²) >= 11 is 0. The van der Waals surface area contributed by atoms with Gasteiger partial charge in [0, 0.05) is 24.1 Å². The average molecular weight is 248 g/mol. The molecule has 1 aliphatic rings. The van der Waals surface area contributed by atoms with Crippen LogP contribution in [-0.4, -0.2) is 25.1 Å². The highest BCUT2D eigenvalue weighted by atomic mass is 19.1. The first kappa shape index (κ1) is 12.8. The smallest absolute Gasteiger partial charge is 0.131 e. The van der Waals surface area contributed by atoms with Gasteiger partial charge in [-0.1, -0.05) is 6.07 Å². The van der Waals surface area contributed by atoms with Crippen molar-refractivity contribution in [3.8, 4) is 11.8 Å². The highest BCUT2D eigenvalue weighted by Gasteiger charge is 2.19. The van der Waals surface area contributed by atoms with Crippen molar-refractivity contribution in [3.63, 3.8) is 0 Å². The second-order valence-electron chi connectivity index (χ2n) is 4.64. The van der Waals surface area contributed by atoms with E-state index in [-0.39, 0.29) is 11.7 Å². The maximum Gasteiger partial charge on any atom is 0.131 e. The van der Waals surface area contributed by atoms with E-state index >= 15 is 0 Å². The van der Waals surface area contributed by atoms with Crippen LogP contribution in [0.15, 0.2) is 18.2 Å². The number of benzene rings is 1. The van der Waals surface area contributed by atoms with Crippen molar-refractivity contribution in [2.24, 2.45) is 5.92 Å². The fraction of sp³-hybridized carbons (Fsp3) is 0.500. The average Bonchev–Trinajstić information content (AvgIpc) is 2.42. The Balaban J connectivity index is 1.96. The van der Waals surface area contributed by atoms with E-state index in [4.69, 9.17) is 10.00 Å². The first-order valence-corrected chi connectivity index (χ1v) is 6.17. The molecule has 0 unspecified atom stereocenters. The second kappa shape index (κ2) is 5.83. The van der Waals surface area contributed by atoms with Crippen LogP contribution >= 0.6 is 0 Å². The lowest BCUT2D eigenvalue weighted by molar-refractivity contribution is 0.196. The number of hydrogen-bond donors (Lipinski definition) is 0. The molecule has 0 atom stereocenters. The number of hydrogen-bond acceptors (Lipinski definition) is 3. The van der Waals surface area contributed by atoms with Crippen molar-refractivity contribution >= 4 is 0 Å². The molecule has 0 bridgehead atoms. The van der Waals surface area contributed by atoms with Crippen LogP contribution in [-0.2, 0) is 6.54 Å². The van der Waals surface area contributed by atoms with Gasteiger partial charge in [-0.15, -0.1) is 0 Å². The Morgan fingerprint density at radius 3 is 2.72 bits per heavy atom. The van der Waals surface area contributed by atoms with Gasteiger partial charge in [0.15, 0.2) is 0 Å². The molecule has 0 saturated carbocycles. The molecule has 0 spiro atoms. The molecule has 1 aromatic carbocycles. The third kappa shape index (κ3) is 2.99. The number of piperidine rings is 1. The SMILES string of the molecule is COc1ccc(CN2CCC(C#N)CC2)c(F)c1. The number of nitrogens with zero attached hydrogens (tertiary/aromatic N) is 2. The molecule has 96 valence electrons. The molecule has 0 radical (unpaired) electrons. The maximum absolute atomic E-state index is 13.8. The van der Waals surface area contributed by atoms with E-state index < -0.39 is 0 Å². The van der Waals surface area contributed by atoms with Crippen LogP contribution in [0.2, 0.25) is 0 Å². The monoisotopic (exact) mass is 248 g/mol. The normalized spacial score (nSPS) is 17.4. The Hall–Kier alpha value is -1.60. The minimum absolute atomic E-state index is 0.168. The van der Waals surface area contributed by atoms with E-state index in [1.54, 1.807) is 12.1 Å². The summed E-state index contributed by atoms with van der Waals surface area (Å²) < 4.78 is 18.8. The Labute approximate surface area is 107 Å². The van der Waals surface area contributed by atoms with Gasteiger partial charge < -0.3 is 4.74 Å². The zero-order chi connectivity index (χ0) is 13.0. The molecule has 0 aliphatic carbocycles. The van der Waals surface area contributed by atoms with E-state index in [0.29, 0.717) is 17.9 Å². The van der Waals surface area contributed by atoms with Gasteiger partial charge >= 0.3 is 0 Å². The molecule has 1 fully saturated rings. The summed E-state index contributed by atoms with van der Waals surface area (Å²) in [6.45, 7) is 2.33. The Bertz CT molecular complexity index is 448. The molecule has 1 saturated heterocycles. The second-order valence-corrected chi connectivity index (χ2v) is 4.64. The summed E-state index contributed by atoms with van der Waals surface area (Å²) in [5, 5.41) is 8.83. The summed E-state index contributed by atoms with van der Waals surface area (Å²) in [5.41, 5.74) is 0.686. The first-order chi connectivity index (χ1) is 8.72. The lowest BCUT2D eigenvalue weighted by atomic mass is 9.98. The molecule has 1 aromatic rings. The number of likely N-dealkylation sites (tertiary alicyclic amines) is 1. The van der Waals surface area contributed by atoms with Crippen molar-refractivity contribution in [2.75, 3.05) is 20.2 Å². The summed E-state index contributed by atoms with van der Waals surface area (Å²) in [6.07, 6.45) is 1.77. The zero-order valence-corrected chi connectivity index (χ0v) is 10.5. The van der Waals surface area contributed by atoms with Gasteiger partial charge in [-0.3, -0.25) is 4.90 Å². The lowest BCUT2D eigenvalue weighted by Gasteiger charge is -2.29.